The van der Waals surface area contributed by atoms with Gasteiger partial charge in [-0.2, -0.15) is 0 Å². The van der Waals surface area contributed by atoms with Gasteiger partial charge in [0.05, 0.1) is 5.52 Å². The predicted molar refractivity (Wildman–Crippen MR) is 110 cm³/mol. The Labute approximate surface area is 171 Å². The molecular weight excluding hydrogens is 401 g/mol. The lowest BCUT2D eigenvalue weighted by Crippen LogP contribution is -2.49. The zero-order valence-corrected chi connectivity index (χ0v) is 16.6. The summed E-state index contributed by atoms with van der Waals surface area (Å²) in [4.78, 5) is 28.7. The zero-order valence-electron chi connectivity index (χ0n) is 15.1. The first kappa shape index (κ1) is 18.9. The first-order chi connectivity index (χ1) is 13.5. The van der Waals surface area contributed by atoms with Crippen LogP contribution in [0.15, 0.2) is 51.7 Å². The highest BCUT2D eigenvalue weighted by Gasteiger charge is 2.22. The standard InChI is InChI=1S/C20H19Cl2N3O3/c21-14-2-1-3-16(12-14)23-8-10-24(11-9-23)19(26)6-7-25-17-13-15(22)4-5-18(17)28-20(25)27/h1-5,12-13H,6-11H2. The van der Waals surface area contributed by atoms with Crippen LogP contribution in [0, 0.1) is 0 Å². The molecule has 1 fully saturated rings. The van der Waals surface area contributed by atoms with Gasteiger partial charge >= 0.3 is 5.76 Å². The van der Waals surface area contributed by atoms with E-state index in [1.165, 1.54) is 4.57 Å². The third-order valence-electron chi connectivity index (χ3n) is 4.98. The number of hydrogen-bond donors (Lipinski definition) is 0. The number of aromatic nitrogens is 1. The molecule has 1 aliphatic rings. The average molecular weight is 420 g/mol. The molecule has 28 heavy (non-hydrogen) atoms. The number of halogens is 2. The van der Waals surface area contributed by atoms with Gasteiger partial charge in [0.25, 0.3) is 0 Å². The molecular formula is C20H19Cl2N3O3. The average Bonchev–Trinajstić information content (AvgIpc) is 3.00. The van der Waals surface area contributed by atoms with Crippen molar-refractivity contribution in [2.45, 2.75) is 13.0 Å². The minimum atomic E-state index is -0.476. The van der Waals surface area contributed by atoms with Gasteiger partial charge in [-0.15, -0.1) is 0 Å². The topological polar surface area (TPSA) is 58.7 Å². The van der Waals surface area contributed by atoms with Crippen LogP contribution in [0.25, 0.3) is 11.1 Å². The molecule has 4 rings (SSSR count). The molecule has 146 valence electrons. The number of amides is 1. The molecule has 1 amide bonds. The highest BCUT2D eigenvalue weighted by atomic mass is 35.5. The summed E-state index contributed by atoms with van der Waals surface area (Å²) in [6, 6.07) is 12.7. The number of fused-ring (bicyclic) bond motifs is 1. The largest absolute Gasteiger partial charge is 0.419 e. The first-order valence-corrected chi connectivity index (χ1v) is 9.84. The van der Waals surface area contributed by atoms with E-state index in [2.05, 4.69) is 4.90 Å². The third kappa shape index (κ3) is 3.88. The fourth-order valence-corrected chi connectivity index (χ4v) is 3.85. The summed E-state index contributed by atoms with van der Waals surface area (Å²) in [6.45, 7) is 3.03. The second kappa shape index (κ2) is 7.89. The number of rotatable bonds is 4. The molecule has 8 heteroatoms. The molecule has 3 aromatic rings. The molecule has 0 spiro atoms. The number of piperazine rings is 1. The van der Waals surface area contributed by atoms with E-state index in [0.717, 1.165) is 18.8 Å². The fourth-order valence-electron chi connectivity index (χ4n) is 3.50. The smallest absolute Gasteiger partial charge is 0.408 e. The van der Waals surface area contributed by atoms with Gasteiger partial charge in [-0.3, -0.25) is 9.36 Å². The van der Waals surface area contributed by atoms with E-state index in [-0.39, 0.29) is 18.9 Å². The van der Waals surface area contributed by atoms with Crippen molar-refractivity contribution in [3.8, 4) is 0 Å². The maximum atomic E-state index is 12.6. The Morgan fingerprint density at radius 2 is 1.75 bits per heavy atom. The monoisotopic (exact) mass is 419 g/mol. The first-order valence-electron chi connectivity index (χ1n) is 9.08. The Bertz CT molecular complexity index is 1070. The zero-order chi connectivity index (χ0) is 19.7. The van der Waals surface area contributed by atoms with Gasteiger partial charge in [0.15, 0.2) is 5.58 Å². The Kier molecular flexibility index (Phi) is 5.33. The van der Waals surface area contributed by atoms with Crippen molar-refractivity contribution in [2.75, 3.05) is 31.1 Å². The molecule has 0 aliphatic carbocycles. The molecule has 0 N–H and O–H groups in total. The Morgan fingerprint density at radius 1 is 1.00 bits per heavy atom. The minimum Gasteiger partial charge on any atom is -0.408 e. The van der Waals surface area contributed by atoms with Crippen molar-refractivity contribution < 1.29 is 9.21 Å². The Morgan fingerprint density at radius 3 is 2.50 bits per heavy atom. The molecule has 0 bridgehead atoms. The van der Waals surface area contributed by atoms with E-state index in [0.29, 0.717) is 34.2 Å². The van der Waals surface area contributed by atoms with Crippen molar-refractivity contribution in [1.82, 2.24) is 9.47 Å². The number of oxazole rings is 1. The van der Waals surface area contributed by atoms with Gasteiger partial charge < -0.3 is 14.2 Å². The number of hydrogen-bond acceptors (Lipinski definition) is 4. The molecule has 6 nitrogen and oxygen atoms in total. The highest BCUT2D eigenvalue weighted by molar-refractivity contribution is 6.31. The van der Waals surface area contributed by atoms with Gasteiger partial charge in [0.1, 0.15) is 0 Å². The van der Waals surface area contributed by atoms with Crippen LogP contribution in [0.5, 0.6) is 0 Å². The summed E-state index contributed by atoms with van der Waals surface area (Å²) >= 11 is 12.1. The van der Waals surface area contributed by atoms with Gasteiger partial charge in [0.2, 0.25) is 5.91 Å². The summed E-state index contributed by atoms with van der Waals surface area (Å²) in [5, 5.41) is 1.22. The molecule has 0 atom stereocenters. The van der Waals surface area contributed by atoms with Gasteiger partial charge in [-0.1, -0.05) is 29.3 Å². The molecule has 1 aromatic heterocycles. The normalized spacial score (nSPS) is 14.6. The third-order valence-corrected chi connectivity index (χ3v) is 5.45. The van der Waals surface area contributed by atoms with Crippen LogP contribution in [0.2, 0.25) is 10.0 Å². The molecule has 0 unspecified atom stereocenters. The van der Waals surface area contributed by atoms with Crippen molar-refractivity contribution in [3.63, 3.8) is 0 Å². The van der Waals surface area contributed by atoms with Crippen molar-refractivity contribution >= 4 is 45.9 Å². The highest BCUT2D eigenvalue weighted by Crippen LogP contribution is 2.21. The lowest BCUT2D eigenvalue weighted by molar-refractivity contribution is -0.131. The lowest BCUT2D eigenvalue weighted by atomic mass is 10.2. The minimum absolute atomic E-state index is 0.0222. The van der Waals surface area contributed by atoms with Crippen LogP contribution in [-0.2, 0) is 11.3 Å². The van der Waals surface area contributed by atoms with E-state index < -0.39 is 5.76 Å². The maximum Gasteiger partial charge on any atom is 0.419 e. The Balaban J connectivity index is 1.37. The molecule has 2 heterocycles. The van der Waals surface area contributed by atoms with Crippen molar-refractivity contribution in [1.29, 1.82) is 0 Å². The number of nitrogens with zero attached hydrogens (tertiary/aromatic N) is 3. The molecule has 0 radical (unpaired) electrons. The van der Waals surface area contributed by atoms with Crippen LogP contribution in [0.1, 0.15) is 6.42 Å². The van der Waals surface area contributed by atoms with Crippen LogP contribution < -0.4 is 10.7 Å². The molecule has 1 saturated heterocycles. The summed E-state index contributed by atoms with van der Waals surface area (Å²) in [6.07, 6.45) is 0.234. The number of anilines is 1. The lowest BCUT2D eigenvalue weighted by Gasteiger charge is -2.36. The van der Waals surface area contributed by atoms with Crippen LogP contribution in [0.4, 0.5) is 5.69 Å². The second-order valence-corrected chi connectivity index (χ2v) is 7.60. The SMILES string of the molecule is O=C(CCn1c(=O)oc2ccc(Cl)cc21)N1CCN(c2cccc(Cl)c2)CC1. The van der Waals surface area contributed by atoms with Gasteiger partial charge in [0, 0.05) is 54.9 Å². The van der Waals surface area contributed by atoms with Gasteiger partial charge in [-0.05, 0) is 36.4 Å². The Hall–Kier alpha value is -2.44. The summed E-state index contributed by atoms with van der Waals surface area (Å²) in [5.74, 6) is -0.454. The van der Waals surface area contributed by atoms with Crippen molar-refractivity contribution in [3.05, 3.63) is 63.1 Å². The number of carbonyl (C=O) groups is 1. The fraction of sp³-hybridized carbons (Fsp3) is 0.300. The van der Waals surface area contributed by atoms with E-state index in [4.69, 9.17) is 27.6 Å². The summed E-state index contributed by atoms with van der Waals surface area (Å²) in [7, 11) is 0. The van der Waals surface area contributed by atoms with Crippen LogP contribution in [0.3, 0.4) is 0 Å². The van der Waals surface area contributed by atoms with E-state index in [1.54, 1.807) is 18.2 Å². The molecule has 2 aromatic carbocycles. The van der Waals surface area contributed by atoms with Crippen molar-refractivity contribution in [2.24, 2.45) is 0 Å². The van der Waals surface area contributed by atoms with E-state index >= 15 is 0 Å². The van der Waals surface area contributed by atoms with Crippen LogP contribution >= 0.6 is 23.2 Å². The van der Waals surface area contributed by atoms with E-state index in [1.807, 2.05) is 29.2 Å². The summed E-state index contributed by atoms with van der Waals surface area (Å²) in [5.41, 5.74) is 2.14. The number of carbonyl (C=O) groups excluding carboxylic acids is 1. The second-order valence-electron chi connectivity index (χ2n) is 6.73. The molecule has 1 aliphatic heterocycles. The quantitative estimate of drug-likeness (QED) is 0.647. The number of benzene rings is 2. The van der Waals surface area contributed by atoms with E-state index in [9.17, 15) is 9.59 Å². The number of aryl methyl sites for hydroxylation is 1. The van der Waals surface area contributed by atoms with Crippen LogP contribution in [-0.4, -0.2) is 41.6 Å². The predicted octanol–water partition coefficient (Wildman–Crippen LogP) is 3.64. The maximum absolute atomic E-state index is 12.6. The van der Waals surface area contributed by atoms with Gasteiger partial charge in [-0.25, -0.2) is 4.79 Å². The summed E-state index contributed by atoms with van der Waals surface area (Å²) < 4.78 is 6.67. The molecule has 0 saturated carbocycles.